The molecule has 2 saturated heterocycles. The topological polar surface area (TPSA) is 61.8 Å². The molecule has 0 N–H and O–H groups in total. The lowest BCUT2D eigenvalue weighted by atomic mass is 10.1. The van der Waals surface area contributed by atoms with Gasteiger partial charge in [-0.15, -0.1) is 0 Å². The number of hydrogen-bond donors (Lipinski definition) is 0. The second-order valence-electron chi connectivity index (χ2n) is 5.92. The van der Waals surface area contributed by atoms with Crippen molar-refractivity contribution < 1.29 is 9.53 Å². The van der Waals surface area contributed by atoms with Gasteiger partial charge in [0.2, 0.25) is 5.88 Å². The highest BCUT2D eigenvalue weighted by Gasteiger charge is 2.28. The van der Waals surface area contributed by atoms with Gasteiger partial charge in [0.1, 0.15) is 12.4 Å². The molecule has 2 amide bonds. The minimum atomic E-state index is 0.131. The van der Waals surface area contributed by atoms with Gasteiger partial charge >= 0.3 is 6.03 Å². The van der Waals surface area contributed by atoms with Crippen LogP contribution in [0.25, 0.3) is 0 Å². The molecule has 0 unspecified atom stereocenters. The molecule has 0 atom stereocenters. The summed E-state index contributed by atoms with van der Waals surface area (Å²) in [5.41, 5.74) is 0. The first kappa shape index (κ1) is 15.0. The van der Waals surface area contributed by atoms with Gasteiger partial charge in [-0.05, 0) is 7.05 Å². The van der Waals surface area contributed by atoms with Crippen LogP contribution < -0.4 is 4.74 Å². The number of nitrogens with zero attached hydrogens (tertiary/aromatic N) is 5. The molecule has 2 aliphatic heterocycles. The summed E-state index contributed by atoms with van der Waals surface area (Å²) in [4.78, 5) is 26.6. The Bertz CT molecular complexity index is 482. The summed E-state index contributed by atoms with van der Waals surface area (Å²) < 4.78 is 5.83. The average molecular weight is 305 g/mol. The Kier molecular flexibility index (Phi) is 4.72. The van der Waals surface area contributed by atoms with Crippen molar-refractivity contribution in [2.24, 2.45) is 0 Å². The number of ether oxygens (including phenoxy) is 1. The lowest BCUT2D eigenvalue weighted by molar-refractivity contribution is 0.0821. The number of piperazine rings is 1. The van der Waals surface area contributed by atoms with Crippen molar-refractivity contribution in [1.29, 1.82) is 0 Å². The van der Waals surface area contributed by atoms with Gasteiger partial charge in [-0.25, -0.2) is 14.8 Å². The lowest BCUT2D eigenvalue weighted by Gasteiger charge is -2.38. The molecule has 1 aromatic heterocycles. The van der Waals surface area contributed by atoms with Gasteiger partial charge in [0.05, 0.1) is 0 Å². The molecule has 0 radical (unpaired) electrons. The number of aromatic nitrogens is 2. The summed E-state index contributed by atoms with van der Waals surface area (Å²) in [7, 11) is 2.10. The summed E-state index contributed by atoms with van der Waals surface area (Å²) in [5.74, 6) is 0.610. The molecule has 7 heteroatoms. The fourth-order valence-corrected chi connectivity index (χ4v) is 2.88. The predicted octanol–water partition coefficient (Wildman–Crippen LogP) is 0.687. The van der Waals surface area contributed by atoms with Gasteiger partial charge in [-0.1, -0.05) is 0 Å². The van der Waals surface area contributed by atoms with Gasteiger partial charge in [0.25, 0.3) is 0 Å². The Morgan fingerprint density at radius 3 is 2.45 bits per heavy atom. The van der Waals surface area contributed by atoms with Crippen molar-refractivity contribution in [2.45, 2.75) is 18.9 Å². The van der Waals surface area contributed by atoms with Crippen molar-refractivity contribution >= 4 is 6.03 Å². The van der Waals surface area contributed by atoms with E-state index in [1.54, 1.807) is 12.3 Å². The van der Waals surface area contributed by atoms with Crippen molar-refractivity contribution in [1.82, 2.24) is 24.7 Å². The van der Waals surface area contributed by atoms with Gasteiger partial charge in [-0.3, -0.25) is 0 Å². The van der Waals surface area contributed by atoms with Crippen LogP contribution >= 0.6 is 0 Å². The van der Waals surface area contributed by atoms with E-state index in [-0.39, 0.29) is 12.1 Å². The summed E-state index contributed by atoms with van der Waals surface area (Å²) in [6, 6.07) is 1.94. The number of piperidine rings is 1. The molecule has 0 aliphatic carbocycles. The van der Waals surface area contributed by atoms with E-state index in [0.29, 0.717) is 5.88 Å². The first-order chi connectivity index (χ1) is 10.7. The zero-order chi connectivity index (χ0) is 15.4. The van der Waals surface area contributed by atoms with Gasteiger partial charge in [-0.2, -0.15) is 0 Å². The van der Waals surface area contributed by atoms with E-state index in [9.17, 15) is 4.79 Å². The molecular formula is C15H23N5O2. The highest BCUT2D eigenvalue weighted by molar-refractivity contribution is 5.74. The zero-order valence-electron chi connectivity index (χ0n) is 13.0. The van der Waals surface area contributed by atoms with Crippen molar-refractivity contribution in [2.75, 3.05) is 46.3 Å². The third kappa shape index (κ3) is 3.65. The summed E-state index contributed by atoms with van der Waals surface area (Å²) in [6.45, 7) is 5.07. The van der Waals surface area contributed by atoms with E-state index in [0.717, 1.165) is 52.1 Å². The summed E-state index contributed by atoms with van der Waals surface area (Å²) in [5, 5.41) is 0. The monoisotopic (exact) mass is 305 g/mol. The molecule has 22 heavy (non-hydrogen) atoms. The van der Waals surface area contributed by atoms with Crippen LogP contribution in [0.5, 0.6) is 5.88 Å². The van der Waals surface area contributed by atoms with E-state index < -0.39 is 0 Å². The van der Waals surface area contributed by atoms with Crippen LogP contribution in [0.1, 0.15) is 12.8 Å². The summed E-state index contributed by atoms with van der Waals surface area (Å²) >= 11 is 0. The number of likely N-dealkylation sites (N-methyl/N-ethyl adjacent to an activating group) is 1. The second-order valence-corrected chi connectivity index (χ2v) is 5.92. The number of hydrogen-bond acceptors (Lipinski definition) is 5. The molecule has 0 bridgehead atoms. The maximum absolute atomic E-state index is 12.5. The molecule has 0 spiro atoms. The Morgan fingerprint density at radius 1 is 1.14 bits per heavy atom. The minimum absolute atomic E-state index is 0.131. The molecule has 3 rings (SSSR count). The van der Waals surface area contributed by atoms with Crippen LogP contribution in [0.15, 0.2) is 18.6 Å². The largest absolute Gasteiger partial charge is 0.474 e. The van der Waals surface area contributed by atoms with Crippen molar-refractivity contribution in [3.63, 3.8) is 0 Å². The molecular weight excluding hydrogens is 282 g/mol. The molecule has 0 aromatic carbocycles. The summed E-state index contributed by atoms with van der Waals surface area (Å²) in [6.07, 6.45) is 4.99. The Hall–Kier alpha value is -1.89. The van der Waals surface area contributed by atoms with E-state index in [1.807, 2.05) is 9.80 Å². The van der Waals surface area contributed by atoms with Crippen molar-refractivity contribution in [3.05, 3.63) is 18.6 Å². The Morgan fingerprint density at radius 2 is 1.82 bits per heavy atom. The maximum atomic E-state index is 12.5. The van der Waals surface area contributed by atoms with Crippen LogP contribution in [0.4, 0.5) is 4.79 Å². The molecule has 2 aliphatic rings. The SMILES string of the molecule is CN1CCN(C(=O)N2CCC(Oc3ccncn3)CC2)CC1. The fourth-order valence-electron chi connectivity index (χ4n) is 2.88. The number of rotatable bonds is 2. The van der Waals surface area contributed by atoms with E-state index in [1.165, 1.54) is 6.33 Å². The number of likely N-dealkylation sites (tertiary alicyclic amines) is 1. The smallest absolute Gasteiger partial charge is 0.320 e. The molecule has 2 fully saturated rings. The minimum Gasteiger partial charge on any atom is -0.474 e. The standard InChI is InChI=1S/C15H23N5O2/c1-18-8-10-20(11-9-18)15(21)19-6-3-13(4-7-19)22-14-2-5-16-12-17-14/h2,5,12-13H,3-4,6-11H2,1H3. The molecule has 0 saturated carbocycles. The fraction of sp³-hybridized carbons (Fsp3) is 0.667. The maximum Gasteiger partial charge on any atom is 0.320 e. The average Bonchev–Trinajstić information content (AvgIpc) is 2.57. The molecule has 120 valence electrons. The van der Waals surface area contributed by atoms with Crippen LogP contribution in [0.2, 0.25) is 0 Å². The third-order valence-corrected chi connectivity index (χ3v) is 4.33. The zero-order valence-corrected chi connectivity index (χ0v) is 13.0. The van der Waals surface area contributed by atoms with Crippen molar-refractivity contribution in [3.8, 4) is 5.88 Å². The third-order valence-electron chi connectivity index (χ3n) is 4.33. The van der Waals surface area contributed by atoms with Crippen LogP contribution in [0.3, 0.4) is 0 Å². The molecule has 7 nitrogen and oxygen atoms in total. The molecule has 3 heterocycles. The predicted molar refractivity (Wildman–Crippen MR) is 81.7 cm³/mol. The van der Waals surface area contributed by atoms with Gasteiger partial charge in [0.15, 0.2) is 0 Å². The highest BCUT2D eigenvalue weighted by Crippen LogP contribution is 2.18. The number of carbonyl (C=O) groups excluding carboxylic acids is 1. The second kappa shape index (κ2) is 6.91. The Labute approximate surface area is 130 Å². The number of urea groups is 1. The Balaban J connectivity index is 1.46. The molecule has 1 aromatic rings. The lowest BCUT2D eigenvalue weighted by Crippen LogP contribution is -2.54. The highest BCUT2D eigenvalue weighted by atomic mass is 16.5. The number of amides is 2. The quantitative estimate of drug-likeness (QED) is 0.804. The van der Waals surface area contributed by atoms with E-state index in [2.05, 4.69) is 21.9 Å². The van der Waals surface area contributed by atoms with Crippen LogP contribution in [-0.4, -0.2) is 83.1 Å². The normalized spacial score (nSPS) is 21.0. The first-order valence-electron chi connectivity index (χ1n) is 7.87. The van der Waals surface area contributed by atoms with Gasteiger partial charge in [0, 0.05) is 64.4 Å². The number of carbonyl (C=O) groups is 1. The van der Waals surface area contributed by atoms with Crippen LogP contribution in [-0.2, 0) is 0 Å². The first-order valence-corrected chi connectivity index (χ1v) is 7.87. The van der Waals surface area contributed by atoms with E-state index >= 15 is 0 Å². The van der Waals surface area contributed by atoms with E-state index in [4.69, 9.17) is 4.74 Å². The van der Waals surface area contributed by atoms with Gasteiger partial charge < -0.3 is 19.4 Å². The van der Waals surface area contributed by atoms with Crippen LogP contribution in [0, 0.1) is 0 Å².